The van der Waals surface area contributed by atoms with Gasteiger partial charge in [0.05, 0.1) is 12.2 Å². The van der Waals surface area contributed by atoms with E-state index in [-0.39, 0.29) is 6.08 Å². The van der Waals surface area contributed by atoms with Crippen LogP contribution in [0, 0.1) is 17.8 Å². The van der Waals surface area contributed by atoms with Crippen molar-refractivity contribution in [3.05, 3.63) is 11.9 Å². The minimum atomic E-state index is -4.55. The highest BCUT2D eigenvalue weighted by molar-refractivity contribution is 5.03. The van der Waals surface area contributed by atoms with Gasteiger partial charge in [-0.15, -0.1) is 0 Å². The first-order valence-electron chi connectivity index (χ1n) is 9.44. The molecule has 0 aromatic rings. The first-order chi connectivity index (χ1) is 11.4. The van der Waals surface area contributed by atoms with Crippen molar-refractivity contribution in [1.82, 2.24) is 0 Å². The van der Waals surface area contributed by atoms with E-state index < -0.39 is 17.9 Å². The van der Waals surface area contributed by atoms with Gasteiger partial charge in [0.1, 0.15) is 5.83 Å². The molecule has 1 saturated heterocycles. The summed E-state index contributed by atoms with van der Waals surface area (Å²) in [5.74, 6) is -0.302. The Balaban J connectivity index is 1.64. The predicted molar refractivity (Wildman–Crippen MR) is 87.3 cm³/mol. The third-order valence-corrected chi connectivity index (χ3v) is 5.60. The fourth-order valence-corrected chi connectivity index (χ4v) is 4.15. The molecule has 5 heteroatoms. The summed E-state index contributed by atoms with van der Waals surface area (Å²) in [4.78, 5) is 0. The van der Waals surface area contributed by atoms with Crippen molar-refractivity contribution in [2.45, 2.75) is 83.4 Å². The zero-order valence-corrected chi connectivity index (χ0v) is 14.6. The molecule has 2 unspecified atom stereocenters. The van der Waals surface area contributed by atoms with Crippen molar-refractivity contribution >= 4 is 0 Å². The lowest BCUT2D eigenvalue weighted by Crippen LogP contribution is -2.26. The van der Waals surface area contributed by atoms with Crippen molar-refractivity contribution in [3.8, 4) is 0 Å². The molecule has 2 rings (SSSR count). The van der Waals surface area contributed by atoms with Crippen LogP contribution in [0.1, 0.15) is 71.1 Å². The standard InChI is InChI=1S/C19H30F4O/c1-2-3-15-7-11-17(24-13-15)10-6-14-4-8-16(9-5-14)18(20)12-19(21,22)23/h12,14-17H,2-11,13H2,1H3/b18-12-. The zero-order valence-electron chi connectivity index (χ0n) is 14.6. The summed E-state index contributed by atoms with van der Waals surface area (Å²) < 4.78 is 56.2. The Bertz CT molecular complexity index is 389. The third-order valence-electron chi connectivity index (χ3n) is 5.60. The number of hydrogen-bond donors (Lipinski definition) is 0. The first-order valence-corrected chi connectivity index (χ1v) is 9.44. The smallest absolute Gasteiger partial charge is 0.378 e. The molecule has 1 aliphatic heterocycles. The van der Waals surface area contributed by atoms with Crippen molar-refractivity contribution in [2.75, 3.05) is 6.61 Å². The Labute approximate surface area is 142 Å². The van der Waals surface area contributed by atoms with Crippen LogP contribution in [0.15, 0.2) is 11.9 Å². The number of alkyl halides is 3. The monoisotopic (exact) mass is 350 g/mol. The van der Waals surface area contributed by atoms with E-state index in [2.05, 4.69) is 6.92 Å². The number of ether oxygens (including phenoxy) is 1. The van der Waals surface area contributed by atoms with Gasteiger partial charge in [-0.1, -0.05) is 13.3 Å². The molecule has 2 aliphatic rings. The third kappa shape index (κ3) is 6.73. The van der Waals surface area contributed by atoms with Gasteiger partial charge in [-0.05, 0) is 69.6 Å². The fourth-order valence-electron chi connectivity index (χ4n) is 4.15. The van der Waals surface area contributed by atoms with Gasteiger partial charge in [-0.3, -0.25) is 0 Å². The number of allylic oxidation sites excluding steroid dienone is 2. The molecule has 2 atom stereocenters. The minimum Gasteiger partial charge on any atom is -0.378 e. The SMILES string of the molecule is CCCC1CCC(CCC2CCC(/C(F)=C/C(F)(F)F)CC2)OC1. The Morgan fingerprint density at radius 3 is 2.17 bits per heavy atom. The van der Waals surface area contributed by atoms with Gasteiger partial charge in [-0.25, -0.2) is 4.39 Å². The molecule has 0 amide bonds. The fraction of sp³-hybridized carbons (Fsp3) is 0.895. The summed E-state index contributed by atoms with van der Waals surface area (Å²) in [6.07, 6.45) is 5.28. The van der Waals surface area contributed by atoms with E-state index >= 15 is 0 Å². The second-order valence-corrected chi connectivity index (χ2v) is 7.55. The number of hydrogen-bond acceptors (Lipinski definition) is 1. The molecule has 1 aliphatic carbocycles. The Morgan fingerprint density at radius 1 is 0.958 bits per heavy atom. The van der Waals surface area contributed by atoms with Gasteiger partial charge in [-0.2, -0.15) is 13.2 Å². The molecule has 1 nitrogen and oxygen atoms in total. The van der Waals surface area contributed by atoms with Gasteiger partial charge in [0.2, 0.25) is 0 Å². The summed E-state index contributed by atoms with van der Waals surface area (Å²) in [6.45, 7) is 3.08. The molecule has 1 saturated carbocycles. The minimum absolute atomic E-state index is 0.166. The van der Waals surface area contributed by atoms with Crippen LogP contribution in [0.2, 0.25) is 0 Å². The zero-order chi connectivity index (χ0) is 17.6. The lowest BCUT2D eigenvalue weighted by molar-refractivity contribution is -0.0821. The largest absolute Gasteiger partial charge is 0.412 e. The highest BCUT2D eigenvalue weighted by Gasteiger charge is 2.30. The second kappa shape index (κ2) is 9.21. The van der Waals surface area contributed by atoms with E-state index in [1.54, 1.807) is 0 Å². The first kappa shape index (κ1) is 19.7. The van der Waals surface area contributed by atoms with E-state index in [1.165, 1.54) is 19.3 Å². The second-order valence-electron chi connectivity index (χ2n) is 7.55. The molecule has 0 aromatic carbocycles. The maximum absolute atomic E-state index is 13.6. The predicted octanol–water partition coefficient (Wildman–Crippen LogP) is 6.58. The van der Waals surface area contributed by atoms with E-state index in [4.69, 9.17) is 4.74 Å². The molecule has 2 fully saturated rings. The van der Waals surface area contributed by atoms with Crippen molar-refractivity contribution in [3.63, 3.8) is 0 Å². The lowest BCUT2D eigenvalue weighted by Gasteiger charge is -2.32. The van der Waals surface area contributed by atoms with E-state index in [0.717, 1.165) is 38.7 Å². The summed E-state index contributed by atoms with van der Waals surface area (Å²) in [5.41, 5.74) is 0. The van der Waals surface area contributed by atoms with Gasteiger partial charge >= 0.3 is 6.18 Å². The van der Waals surface area contributed by atoms with Crippen LogP contribution in [0.3, 0.4) is 0 Å². The van der Waals surface area contributed by atoms with Gasteiger partial charge in [0.15, 0.2) is 0 Å². The maximum atomic E-state index is 13.6. The molecule has 1 heterocycles. The van der Waals surface area contributed by atoms with Crippen LogP contribution in [-0.2, 0) is 4.74 Å². The molecule has 0 bridgehead atoms. The van der Waals surface area contributed by atoms with Crippen molar-refractivity contribution in [1.29, 1.82) is 0 Å². The average molecular weight is 350 g/mol. The number of halogens is 4. The average Bonchev–Trinajstić information content (AvgIpc) is 2.53. The molecule has 140 valence electrons. The van der Waals surface area contributed by atoms with Crippen LogP contribution >= 0.6 is 0 Å². The Morgan fingerprint density at radius 2 is 1.62 bits per heavy atom. The maximum Gasteiger partial charge on any atom is 0.412 e. The molecule has 0 aromatic heterocycles. The highest BCUT2D eigenvalue weighted by atomic mass is 19.4. The van der Waals surface area contributed by atoms with Gasteiger partial charge in [0.25, 0.3) is 0 Å². The molecular weight excluding hydrogens is 320 g/mol. The Kier molecular flexibility index (Phi) is 7.58. The van der Waals surface area contributed by atoms with Gasteiger partial charge < -0.3 is 4.74 Å². The molecule has 0 spiro atoms. The molecule has 24 heavy (non-hydrogen) atoms. The normalized spacial score (nSPS) is 32.8. The van der Waals surface area contributed by atoms with E-state index in [1.807, 2.05) is 0 Å². The number of rotatable bonds is 6. The summed E-state index contributed by atoms with van der Waals surface area (Å²) in [7, 11) is 0. The molecule has 0 N–H and O–H groups in total. The summed E-state index contributed by atoms with van der Waals surface area (Å²) >= 11 is 0. The van der Waals surface area contributed by atoms with Crippen molar-refractivity contribution < 1.29 is 22.3 Å². The van der Waals surface area contributed by atoms with E-state index in [9.17, 15) is 17.6 Å². The Hall–Kier alpha value is -0.580. The quantitative estimate of drug-likeness (QED) is 0.491. The van der Waals surface area contributed by atoms with Crippen LogP contribution in [0.5, 0.6) is 0 Å². The lowest BCUT2D eigenvalue weighted by atomic mass is 9.78. The van der Waals surface area contributed by atoms with Crippen LogP contribution in [0.4, 0.5) is 17.6 Å². The van der Waals surface area contributed by atoms with E-state index in [0.29, 0.717) is 30.8 Å². The molecular formula is C19H30F4O. The summed E-state index contributed by atoms with van der Waals surface area (Å²) in [5, 5.41) is 0. The summed E-state index contributed by atoms with van der Waals surface area (Å²) in [6, 6.07) is 0. The molecule has 0 radical (unpaired) electrons. The van der Waals surface area contributed by atoms with Crippen LogP contribution < -0.4 is 0 Å². The topological polar surface area (TPSA) is 9.23 Å². The van der Waals surface area contributed by atoms with Crippen LogP contribution in [0.25, 0.3) is 0 Å². The van der Waals surface area contributed by atoms with Gasteiger partial charge in [0, 0.05) is 12.5 Å². The van der Waals surface area contributed by atoms with Crippen molar-refractivity contribution in [2.24, 2.45) is 17.8 Å². The van der Waals surface area contributed by atoms with Crippen LogP contribution in [-0.4, -0.2) is 18.9 Å². The highest BCUT2D eigenvalue weighted by Crippen LogP contribution is 2.38.